The first-order valence-corrected chi connectivity index (χ1v) is 5.78. The summed E-state index contributed by atoms with van der Waals surface area (Å²) in [5, 5.41) is 8.77. The molecule has 3 N–H and O–H groups in total. The summed E-state index contributed by atoms with van der Waals surface area (Å²) in [6.45, 7) is 1.81. The van der Waals surface area contributed by atoms with Crippen molar-refractivity contribution in [1.82, 2.24) is 10.6 Å². The van der Waals surface area contributed by atoms with Gasteiger partial charge in [-0.3, -0.25) is 0 Å². The van der Waals surface area contributed by atoms with Gasteiger partial charge in [0.1, 0.15) is 5.82 Å². The molecule has 1 atom stereocenters. The lowest BCUT2D eigenvalue weighted by atomic mass is 10.1. The molecule has 2 amide bonds. The van der Waals surface area contributed by atoms with Crippen LogP contribution in [0.3, 0.4) is 0 Å². The van der Waals surface area contributed by atoms with Crippen molar-refractivity contribution in [3.05, 3.63) is 30.1 Å². The lowest BCUT2D eigenvalue weighted by Crippen LogP contribution is -2.47. The molecular formula is C12H16FN3O. The second-order valence-electron chi connectivity index (χ2n) is 4.15. The predicted octanol–water partition coefficient (Wildman–Crippen LogP) is 1.70. The van der Waals surface area contributed by atoms with E-state index in [2.05, 4.69) is 16.0 Å². The topological polar surface area (TPSA) is 53.2 Å². The molecule has 1 aliphatic heterocycles. The Bertz CT molecular complexity index is 374. The zero-order valence-corrected chi connectivity index (χ0v) is 9.50. The number of carbonyl (C=O) groups excluding carboxylic acids is 1. The number of urea groups is 1. The second-order valence-corrected chi connectivity index (χ2v) is 4.15. The van der Waals surface area contributed by atoms with Gasteiger partial charge in [-0.15, -0.1) is 0 Å². The van der Waals surface area contributed by atoms with Crippen LogP contribution < -0.4 is 16.0 Å². The van der Waals surface area contributed by atoms with Crippen LogP contribution in [0, 0.1) is 5.82 Å². The molecule has 0 bridgehead atoms. The van der Waals surface area contributed by atoms with Gasteiger partial charge in [0, 0.05) is 18.3 Å². The Morgan fingerprint density at radius 3 is 2.76 bits per heavy atom. The van der Waals surface area contributed by atoms with Crippen LogP contribution in [0.5, 0.6) is 0 Å². The van der Waals surface area contributed by atoms with Gasteiger partial charge >= 0.3 is 6.03 Å². The number of halogens is 1. The molecule has 0 saturated carbocycles. The normalized spacial score (nSPS) is 19.7. The molecule has 1 aromatic rings. The van der Waals surface area contributed by atoms with Gasteiger partial charge in [0.05, 0.1) is 0 Å². The molecular weight excluding hydrogens is 221 g/mol. The summed E-state index contributed by atoms with van der Waals surface area (Å²) < 4.78 is 12.7. The zero-order chi connectivity index (χ0) is 12.1. The van der Waals surface area contributed by atoms with Gasteiger partial charge in [0.25, 0.3) is 0 Å². The van der Waals surface area contributed by atoms with Gasteiger partial charge in [-0.2, -0.15) is 0 Å². The molecule has 4 nitrogen and oxygen atoms in total. The third kappa shape index (κ3) is 3.71. The van der Waals surface area contributed by atoms with Crippen LogP contribution in [0.25, 0.3) is 0 Å². The Kier molecular flexibility index (Phi) is 3.93. The standard InChI is InChI=1S/C12H16FN3O/c13-9-3-5-10(6-4-9)15-12(17)16-11-2-1-7-14-8-11/h3-6,11,14H,1-2,7-8H2,(H2,15,16,17)/t11-/m1/s1. The van der Waals surface area contributed by atoms with Crippen molar-refractivity contribution in [3.63, 3.8) is 0 Å². The molecule has 0 aromatic heterocycles. The number of nitrogens with one attached hydrogen (secondary N) is 3. The van der Waals surface area contributed by atoms with Crippen LogP contribution in [0.4, 0.5) is 14.9 Å². The minimum Gasteiger partial charge on any atom is -0.334 e. The first kappa shape index (κ1) is 11.9. The molecule has 0 spiro atoms. The average molecular weight is 237 g/mol. The van der Waals surface area contributed by atoms with Crippen molar-refractivity contribution in [1.29, 1.82) is 0 Å². The minimum atomic E-state index is -0.313. The van der Waals surface area contributed by atoms with Crippen molar-refractivity contribution in [2.75, 3.05) is 18.4 Å². The maximum atomic E-state index is 12.7. The van der Waals surface area contributed by atoms with E-state index in [0.717, 1.165) is 25.9 Å². The lowest BCUT2D eigenvalue weighted by molar-refractivity contribution is 0.245. The number of benzene rings is 1. The summed E-state index contributed by atoms with van der Waals surface area (Å²) >= 11 is 0. The van der Waals surface area contributed by atoms with E-state index in [0.29, 0.717) is 5.69 Å². The van der Waals surface area contributed by atoms with Gasteiger partial charge in [-0.1, -0.05) is 0 Å². The van der Waals surface area contributed by atoms with E-state index in [1.165, 1.54) is 24.3 Å². The highest BCUT2D eigenvalue weighted by molar-refractivity contribution is 5.89. The molecule has 1 heterocycles. The molecule has 1 saturated heterocycles. The van der Waals surface area contributed by atoms with E-state index < -0.39 is 0 Å². The smallest absolute Gasteiger partial charge is 0.319 e. The third-order valence-electron chi connectivity index (χ3n) is 2.73. The van der Waals surface area contributed by atoms with Crippen LogP contribution in [0.1, 0.15) is 12.8 Å². The predicted molar refractivity (Wildman–Crippen MR) is 64.4 cm³/mol. The molecule has 0 aliphatic carbocycles. The monoisotopic (exact) mass is 237 g/mol. The Labute approximate surface area is 99.6 Å². The van der Waals surface area contributed by atoms with Crippen molar-refractivity contribution in [2.45, 2.75) is 18.9 Å². The van der Waals surface area contributed by atoms with Crippen LogP contribution >= 0.6 is 0 Å². The number of carbonyl (C=O) groups is 1. The van der Waals surface area contributed by atoms with E-state index in [1.807, 2.05) is 0 Å². The molecule has 92 valence electrons. The number of rotatable bonds is 2. The van der Waals surface area contributed by atoms with Gasteiger partial charge in [-0.25, -0.2) is 9.18 Å². The lowest BCUT2D eigenvalue weighted by Gasteiger charge is -2.23. The van der Waals surface area contributed by atoms with Gasteiger partial charge < -0.3 is 16.0 Å². The van der Waals surface area contributed by atoms with Crippen LogP contribution in [-0.2, 0) is 0 Å². The molecule has 1 aromatic carbocycles. The first-order valence-electron chi connectivity index (χ1n) is 5.78. The highest BCUT2D eigenvalue weighted by Crippen LogP contribution is 2.08. The van der Waals surface area contributed by atoms with E-state index in [1.54, 1.807) is 0 Å². The first-order chi connectivity index (χ1) is 8.24. The molecule has 5 heteroatoms. The number of hydrogen-bond acceptors (Lipinski definition) is 2. The highest BCUT2D eigenvalue weighted by atomic mass is 19.1. The highest BCUT2D eigenvalue weighted by Gasteiger charge is 2.14. The largest absolute Gasteiger partial charge is 0.334 e. The number of piperidine rings is 1. The molecule has 2 rings (SSSR count). The SMILES string of the molecule is O=C(Nc1ccc(F)cc1)N[C@@H]1CCCNC1. The van der Waals surface area contributed by atoms with Crippen molar-refractivity contribution < 1.29 is 9.18 Å². The second kappa shape index (κ2) is 5.63. The van der Waals surface area contributed by atoms with E-state index in [-0.39, 0.29) is 17.9 Å². The molecule has 0 unspecified atom stereocenters. The molecule has 1 aliphatic rings. The number of hydrogen-bond donors (Lipinski definition) is 3. The van der Waals surface area contributed by atoms with Crippen LogP contribution in [0.2, 0.25) is 0 Å². The fraction of sp³-hybridized carbons (Fsp3) is 0.417. The Morgan fingerprint density at radius 2 is 2.12 bits per heavy atom. The maximum absolute atomic E-state index is 12.7. The third-order valence-corrected chi connectivity index (χ3v) is 2.73. The maximum Gasteiger partial charge on any atom is 0.319 e. The van der Waals surface area contributed by atoms with Gasteiger partial charge in [0.2, 0.25) is 0 Å². The number of anilines is 1. The number of amides is 2. The van der Waals surface area contributed by atoms with Crippen molar-refractivity contribution in [3.8, 4) is 0 Å². The fourth-order valence-electron chi connectivity index (χ4n) is 1.86. The Morgan fingerprint density at radius 1 is 1.35 bits per heavy atom. The summed E-state index contributed by atoms with van der Waals surface area (Å²) in [6.07, 6.45) is 2.06. The minimum absolute atomic E-state index is 0.171. The van der Waals surface area contributed by atoms with Gasteiger partial charge in [-0.05, 0) is 43.7 Å². The van der Waals surface area contributed by atoms with Crippen molar-refractivity contribution >= 4 is 11.7 Å². The molecule has 17 heavy (non-hydrogen) atoms. The Hall–Kier alpha value is -1.62. The van der Waals surface area contributed by atoms with E-state index in [4.69, 9.17) is 0 Å². The van der Waals surface area contributed by atoms with Crippen LogP contribution in [-0.4, -0.2) is 25.2 Å². The molecule has 1 fully saturated rings. The Balaban J connectivity index is 1.82. The summed E-state index contributed by atoms with van der Waals surface area (Å²) in [5.74, 6) is -0.313. The summed E-state index contributed by atoms with van der Waals surface area (Å²) in [7, 11) is 0. The zero-order valence-electron chi connectivity index (χ0n) is 9.50. The van der Waals surface area contributed by atoms with Crippen molar-refractivity contribution in [2.24, 2.45) is 0 Å². The summed E-state index contributed by atoms with van der Waals surface area (Å²) in [4.78, 5) is 11.6. The summed E-state index contributed by atoms with van der Waals surface area (Å²) in [5.41, 5.74) is 0.590. The summed E-state index contributed by atoms with van der Waals surface area (Å²) in [6, 6.07) is 5.63. The molecule has 0 radical (unpaired) electrons. The van der Waals surface area contributed by atoms with E-state index in [9.17, 15) is 9.18 Å². The van der Waals surface area contributed by atoms with Crippen LogP contribution in [0.15, 0.2) is 24.3 Å². The fourth-order valence-corrected chi connectivity index (χ4v) is 1.86. The quantitative estimate of drug-likeness (QED) is 0.733. The average Bonchev–Trinajstić information content (AvgIpc) is 2.33. The van der Waals surface area contributed by atoms with Gasteiger partial charge in [0.15, 0.2) is 0 Å². The van der Waals surface area contributed by atoms with E-state index >= 15 is 0 Å².